The van der Waals surface area contributed by atoms with Gasteiger partial charge in [0.05, 0.1) is 23.3 Å². The third-order valence-electron chi connectivity index (χ3n) is 6.63. The van der Waals surface area contributed by atoms with Gasteiger partial charge in [0.1, 0.15) is 0 Å². The van der Waals surface area contributed by atoms with Crippen molar-refractivity contribution in [3.05, 3.63) is 65.4 Å². The van der Waals surface area contributed by atoms with E-state index in [1.54, 1.807) is 0 Å². The quantitative estimate of drug-likeness (QED) is 0.441. The van der Waals surface area contributed by atoms with Gasteiger partial charge in [-0.3, -0.25) is 4.99 Å². The highest BCUT2D eigenvalue weighted by molar-refractivity contribution is 5.93. The van der Waals surface area contributed by atoms with Crippen LogP contribution in [0.2, 0.25) is 0 Å². The molecule has 0 saturated heterocycles. The Labute approximate surface area is 179 Å². The zero-order valence-corrected chi connectivity index (χ0v) is 18.2. The van der Waals surface area contributed by atoms with Crippen LogP contribution in [0.3, 0.4) is 0 Å². The van der Waals surface area contributed by atoms with Crippen molar-refractivity contribution in [2.45, 2.75) is 45.6 Å². The van der Waals surface area contributed by atoms with Crippen LogP contribution in [0.5, 0.6) is 0 Å². The van der Waals surface area contributed by atoms with Gasteiger partial charge in [0, 0.05) is 31.0 Å². The molecule has 30 heavy (non-hydrogen) atoms. The smallest absolute Gasteiger partial charge is 0.0872 e. The molecule has 1 saturated carbocycles. The molecule has 3 aromatic rings. The average molecular weight is 398 g/mol. The first kappa shape index (κ1) is 19.2. The summed E-state index contributed by atoms with van der Waals surface area (Å²) in [5, 5.41) is 1.31. The molecule has 3 nitrogen and oxygen atoms in total. The van der Waals surface area contributed by atoms with E-state index in [4.69, 9.17) is 4.99 Å². The van der Waals surface area contributed by atoms with Crippen LogP contribution in [0.4, 0.5) is 11.4 Å². The summed E-state index contributed by atoms with van der Waals surface area (Å²) in [6, 6.07) is 13.6. The molecule has 1 aromatic heterocycles. The van der Waals surface area contributed by atoms with Gasteiger partial charge in [-0.2, -0.15) is 0 Å². The van der Waals surface area contributed by atoms with Gasteiger partial charge >= 0.3 is 0 Å². The van der Waals surface area contributed by atoms with Crippen LogP contribution in [0.1, 0.15) is 48.6 Å². The van der Waals surface area contributed by atoms with Crippen LogP contribution in [0.25, 0.3) is 17.0 Å². The van der Waals surface area contributed by atoms with Crippen LogP contribution in [0, 0.1) is 5.92 Å². The predicted octanol–water partition coefficient (Wildman–Crippen LogP) is 6.39. The normalized spacial score (nSPS) is 16.4. The average Bonchev–Trinajstić information content (AvgIpc) is 3.52. The molecular weight excluding hydrogens is 366 g/mol. The van der Waals surface area contributed by atoms with Crippen LogP contribution >= 0.6 is 0 Å². The fraction of sp³-hybridized carbons (Fsp3) is 0.370. The maximum Gasteiger partial charge on any atom is 0.0872 e. The van der Waals surface area contributed by atoms with E-state index in [0.717, 1.165) is 43.1 Å². The summed E-state index contributed by atoms with van der Waals surface area (Å²) in [6.45, 7) is 8.40. The number of nitrogens with zero attached hydrogens (tertiary/aromatic N) is 3. The standard InChI is InChI=1S/C27H31N3/c1-4-19-10-11-22-16-24(30(26(22)15-19)18-21-8-9-21)17-28-25-14-20(5-2)13-23-7-6-12-29(3)27(23)25/h5,10-11,13-17,21H,2,4,6-9,12,18H2,1,3H3/b28-17+. The van der Waals surface area contributed by atoms with E-state index in [0.29, 0.717) is 0 Å². The Kier molecular flexibility index (Phi) is 4.98. The summed E-state index contributed by atoms with van der Waals surface area (Å²) in [5.41, 5.74) is 8.84. The number of aliphatic imine (C=N–C) groups is 1. The lowest BCUT2D eigenvalue weighted by Crippen LogP contribution is -2.24. The molecule has 3 heteroatoms. The maximum atomic E-state index is 5.04. The Bertz CT molecular complexity index is 1130. The van der Waals surface area contributed by atoms with E-state index in [1.165, 1.54) is 52.7 Å². The van der Waals surface area contributed by atoms with Gasteiger partial charge in [0.25, 0.3) is 0 Å². The lowest BCUT2D eigenvalue weighted by atomic mass is 9.98. The van der Waals surface area contributed by atoms with E-state index < -0.39 is 0 Å². The molecule has 2 aliphatic rings. The zero-order valence-electron chi connectivity index (χ0n) is 18.2. The van der Waals surface area contributed by atoms with Gasteiger partial charge in [-0.25, -0.2) is 0 Å². The maximum absolute atomic E-state index is 5.04. The molecule has 0 spiro atoms. The van der Waals surface area contributed by atoms with E-state index in [-0.39, 0.29) is 0 Å². The van der Waals surface area contributed by atoms with Crippen molar-refractivity contribution in [1.82, 2.24) is 4.57 Å². The minimum Gasteiger partial charge on any atom is -0.373 e. The summed E-state index contributed by atoms with van der Waals surface area (Å²) in [7, 11) is 2.18. The van der Waals surface area contributed by atoms with Crippen LogP contribution in [-0.4, -0.2) is 24.4 Å². The second-order valence-electron chi connectivity index (χ2n) is 8.91. The summed E-state index contributed by atoms with van der Waals surface area (Å²) in [6.07, 6.45) is 10.1. The third kappa shape index (κ3) is 3.58. The summed E-state index contributed by atoms with van der Waals surface area (Å²) >= 11 is 0. The molecule has 1 fully saturated rings. The van der Waals surface area contributed by atoms with Crippen molar-refractivity contribution in [3.63, 3.8) is 0 Å². The number of benzene rings is 2. The Morgan fingerprint density at radius 3 is 2.80 bits per heavy atom. The minimum atomic E-state index is 0.820. The molecule has 0 unspecified atom stereocenters. The van der Waals surface area contributed by atoms with Crippen molar-refractivity contribution < 1.29 is 0 Å². The SMILES string of the molecule is C=Cc1cc2c(c(/N=C/c3cc4ccc(CC)cc4n3CC3CC3)c1)N(C)CCC2. The Balaban J connectivity index is 1.59. The van der Waals surface area contributed by atoms with E-state index in [2.05, 4.69) is 72.6 Å². The molecule has 0 radical (unpaired) electrons. The number of aromatic nitrogens is 1. The van der Waals surface area contributed by atoms with Crippen LogP contribution in [-0.2, 0) is 19.4 Å². The lowest BCUT2D eigenvalue weighted by Gasteiger charge is -2.29. The van der Waals surface area contributed by atoms with Crippen molar-refractivity contribution >= 4 is 34.6 Å². The molecule has 0 atom stereocenters. The van der Waals surface area contributed by atoms with Gasteiger partial charge in [0.2, 0.25) is 0 Å². The Hall–Kier alpha value is -2.81. The summed E-state index contributed by atoms with van der Waals surface area (Å²) in [5.74, 6) is 0.820. The third-order valence-corrected chi connectivity index (χ3v) is 6.63. The first-order valence-corrected chi connectivity index (χ1v) is 11.3. The van der Waals surface area contributed by atoms with Gasteiger partial charge in [-0.15, -0.1) is 0 Å². The number of aryl methyl sites for hydroxylation is 2. The molecule has 0 bridgehead atoms. The molecule has 5 rings (SSSR count). The minimum absolute atomic E-state index is 0.820. The van der Waals surface area contributed by atoms with Gasteiger partial charge < -0.3 is 9.47 Å². The first-order valence-electron chi connectivity index (χ1n) is 11.3. The second kappa shape index (κ2) is 7.79. The van der Waals surface area contributed by atoms with Crippen LogP contribution < -0.4 is 4.90 Å². The van der Waals surface area contributed by atoms with Crippen molar-refractivity contribution in [3.8, 4) is 0 Å². The topological polar surface area (TPSA) is 20.5 Å². The van der Waals surface area contributed by atoms with Crippen molar-refractivity contribution in [2.24, 2.45) is 10.9 Å². The van der Waals surface area contributed by atoms with Gasteiger partial charge in [-0.05, 0) is 79.0 Å². The largest absolute Gasteiger partial charge is 0.373 e. The summed E-state index contributed by atoms with van der Waals surface area (Å²) in [4.78, 5) is 7.39. The number of hydrogen-bond donors (Lipinski definition) is 0. The molecular formula is C27H31N3. The van der Waals surface area contributed by atoms with Crippen molar-refractivity contribution in [1.29, 1.82) is 0 Å². The number of fused-ring (bicyclic) bond motifs is 2. The van der Waals surface area contributed by atoms with Gasteiger partial charge in [0.15, 0.2) is 0 Å². The fourth-order valence-electron chi connectivity index (χ4n) is 4.71. The Morgan fingerprint density at radius 2 is 2.03 bits per heavy atom. The highest BCUT2D eigenvalue weighted by Crippen LogP contribution is 2.38. The fourth-order valence-corrected chi connectivity index (χ4v) is 4.71. The van der Waals surface area contributed by atoms with Crippen molar-refractivity contribution in [2.75, 3.05) is 18.5 Å². The molecule has 1 aliphatic carbocycles. The van der Waals surface area contributed by atoms with Gasteiger partial charge in [-0.1, -0.05) is 31.7 Å². The van der Waals surface area contributed by atoms with E-state index in [1.807, 2.05) is 6.08 Å². The molecule has 0 N–H and O–H groups in total. The number of hydrogen-bond acceptors (Lipinski definition) is 2. The van der Waals surface area contributed by atoms with Crippen LogP contribution in [0.15, 0.2) is 48.0 Å². The monoisotopic (exact) mass is 397 g/mol. The first-order chi connectivity index (χ1) is 14.7. The van der Waals surface area contributed by atoms with E-state index >= 15 is 0 Å². The molecule has 2 aromatic carbocycles. The highest BCUT2D eigenvalue weighted by atomic mass is 15.1. The molecule has 2 heterocycles. The summed E-state index contributed by atoms with van der Waals surface area (Å²) < 4.78 is 2.49. The zero-order chi connectivity index (χ0) is 20.7. The predicted molar refractivity (Wildman–Crippen MR) is 129 cm³/mol. The highest BCUT2D eigenvalue weighted by Gasteiger charge is 2.24. The number of anilines is 1. The molecule has 154 valence electrons. The Morgan fingerprint density at radius 1 is 1.17 bits per heavy atom. The molecule has 1 aliphatic heterocycles. The number of rotatable bonds is 6. The van der Waals surface area contributed by atoms with E-state index in [9.17, 15) is 0 Å². The lowest BCUT2D eigenvalue weighted by molar-refractivity contribution is 0.644. The molecule has 0 amide bonds. The second-order valence-corrected chi connectivity index (χ2v) is 8.91.